The van der Waals surface area contributed by atoms with Gasteiger partial charge in [-0.15, -0.1) is 0 Å². The molecule has 0 radical (unpaired) electrons. The third-order valence-electron chi connectivity index (χ3n) is 3.31. The number of H-pyrrole nitrogens is 1. The number of nitrogens with one attached hydrogen (secondary N) is 1. The molecule has 3 aromatic rings. The lowest BCUT2D eigenvalue weighted by atomic mass is 10.0. The fraction of sp³-hybridized carbons (Fsp3) is 0.125. The van der Waals surface area contributed by atoms with Gasteiger partial charge >= 0.3 is 0 Å². The Balaban J connectivity index is 2.15. The van der Waals surface area contributed by atoms with E-state index in [1.807, 2.05) is 42.5 Å². The van der Waals surface area contributed by atoms with Crippen LogP contribution in [0.3, 0.4) is 0 Å². The van der Waals surface area contributed by atoms with Crippen molar-refractivity contribution in [3.8, 4) is 11.4 Å². The molecule has 0 bridgehead atoms. The Morgan fingerprint density at radius 1 is 1.15 bits per heavy atom. The number of aromatic amines is 1. The molecule has 1 aromatic carbocycles. The first kappa shape index (κ1) is 12.4. The van der Waals surface area contributed by atoms with Crippen LogP contribution in [-0.4, -0.2) is 15.9 Å². The summed E-state index contributed by atoms with van der Waals surface area (Å²) in [6.07, 6.45) is 2.16. The SMILES string of the molecule is O=C([O-])CCc1c(-c2ccccn2)[nH]c2ccccc12. The molecule has 0 saturated carbocycles. The summed E-state index contributed by atoms with van der Waals surface area (Å²) >= 11 is 0. The molecule has 1 N–H and O–H groups in total. The monoisotopic (exact) mass is 265 g/mol. The van der Waals surface area contributed by atoms with E-state index in [0.717, 1.165) is 27.9 Å². The zero-order valence-electron chi connectivity index (χ0n) is 10.8. The Hall–Kier alpha value is -2.62. The van der Waals surface area contributed by atoms with Crippen molar-refractivity contribution in [3.63, 3.8) is 0 Å². The van der Waals surface area contributed by atoms with E-state index < -0.39 is 5.97 Å². The van der Waals surface area contributed by atoms with Crippen LogP contribution in [0.2, 0.25) is 0 Å². The lowest BCUT2D eigenvalue weighted by Crippen LogP contribution is -2.22. The zero-order valence-corrected chi connectivity index (χ0v) is 10.8. The Bertz CT molecular complexity index is 748. The van der Waals surface area contributed by atoms with Crippen LogP contribution in [0.15, 0.2) is 48.7 Å². The number of carbonyl (C=O) groups excluding carboxylic acids is 1. The number of rotatable bonds is 4. The Morgan fingerprint density at radius 3 is 2.70 bits per heavy atom. The molecular formula is C16H13N2O2-. The maximum absolute atomic E-state index is 10.7. The van der Waals surface area contributed by atoms with Gasteiger partial charge in [0.15, 0.2) is 0 Å². The number of aryl methyl sites for hydroxylation is 1. The quantitative estimate of drug-likeness (QED) is 0.783. The molecule has 0 unspecified atom stereocenters. The molecule has 0 amide bonds. The smallest absolute Gasteiger partial charge is 0.0867 e. The average Bonchev–Trinajstić information content (AvgIpc) is 2.84. The van der Waals surface area contributed by atoms with Crippen molar-refractivity contribution in [3.05, 3.63) is 54.2 Å². The van der Waals surface area contributed by atoms with E-state index in [1.54, 1.807) is 6.20 Å². The maximum Gasteiger partial charge on any atom is 0.0867 e. The van der Waals surface area contributed by atoms with Crippen LogP contribution in [0.25, 0.3) is 22.3 Å². The highest BCUT2D eigenvalue weighted by atomic mass is 16.4. The van der Waals surface area contributed by atoms with E-state index in [1.165, 1.54) is 0 Å². The number of nitrogens with zero attached hydrogens (tertiary/aromatic N) is 1. The number of fused-ring (bicyclic) bond motifs is 1. The first-order chi connectivity index (χ1) is 9.75. The fourth-order valence-corrected chi connectivity index (χ4v) is 2.42. The van der Waals surface area contributed by atoms with E-state index in [2.05, 4.69) is 9.97 Å². The summed E-state index contributed by atoms with van der Waals surface area (Å²) < 4.78 is 0. The van der Waals surface area contributed by atoms with Gasteiger partial charge in [0.25, 0.3) is 0 Å². The number of carboxylic acid groups (broad SMARTS) is 1. The summed E-state index contributed by atoms with van der Waals surface area (Å²) in [5, 5.41) is 11.8. The van der Waals surface area contributed by atoms with Crippen molar-refractivity contribution in [1.29, 1.82) is 0 Å². The van der Waals surface area contributed by atoms with Gasteiger partial charge in [0, 0.05) is 23.1 Å². The summed E-state index contributed by atoms with van der Waals surface area (Å²) in [4.78, 5) is 18.4. The predicted molar refractivity (Wildman–Crippen MR) is 74.9 cm³/mol. The first-order valence-electron chi connectivity index (χ1n) is 6.46. The zero-order chi connectivity index (χ0) is 13.9. The molecule has 0 aliphatic heterocycles. The number of benzene rings is 1. The second kappa shape index (κ2) is 5.17. The van der Waals surface area contributed by atoms with Crippen LogP contribution in [0.4, 0.5) is 0 Å². The van der Waals surface area contributed by atoms with Gasteiger partial charge in [0.2, 0.25) is 0 Å². The van der Waals surface area contributed by atoms with E-state index in [9.17, 15) is 9.90 Å². The molecule has 100 valence electrons. The molecule has 0 saturated heterocycles. The molecule has 0 aliphatic carbocycles. The Kier molecular flexibility index (Phi) is 3.21. The molecular weight excluding hydrogens is 252 g/mol. The molecule has 0 spiro atoms. The first-order valence-corrected chi connectivity index (χ1v) is 6.46. The summed E-state index contributed by atoms with van der Waals surface area (Å²) in [7, 11) is 0. The van der Waals surface area contributed by atoms with Crippen molar-refractivity contribution < 1.29 is 9.90 Å². The molecule has 0 aliphatic rings. The summed E-state index contributed by atoms with van der Waals surface area (Å²) in [6.45, 7) is 0. The Labute approximate surface area is 116 Å². The van der Waals surface area contributed by atoms with Crippen LogP contribution in [0.5, 0.6) is 0 Å². The number of hydrogen-bond donors (Lipinski definition) is 1. The largest absolute Gasteiger partial charge is 0.550 e. The number of para-hydroxylation sites is 1. The molecule has 3 rings (SSSR count). The fourth-order valence-electron chi connectivity index (χ4n) is 2.42. The standard InChI is InChI=1S/C16H14N2O2/c19-15(20)9-8-12-11-5-1-2-6-13(11)18-16(12)14-7-3-4-10-17-14/h1-7,10,18H,8-9H2,(H,19,20)/p-1. The molecule has 4 heteroatoms. The van der Waals surface area contributed by atoms with Gasteiger partial charge in [-0.25, -0.2) is 0 Å². The molecule has 2 aromatic heterocycles. The minimum Gasteiger partial charge on any atom is -0.550 e. The number of carboxylic acids is 1. The number of aliphatic carboxylic acids is 1. The van der Waals surface area contributed by atoms with Crippen LogP contribution in [0.1, 0.15) is 12.0 Å². The maximum atomic E-state index is 10.7. The van der Waals surface area contributed by atoms with Gasteiger partial charge in [-0.05, 0) is 36.6 Å². The molecule has 0 fully saturated rings. The number of aromatic nitrogens is 2. The van der Waals surface area contributed by atoms with Crippen molar-refractivity contribution in [2.24, 2.45) is 0 Å². The Morgan fingerprint density at radius 2 is 1.95 bits per heavy atom. The van der Waals surface area contributed by atoms with E-state index in [4.69, 9.17) is 0 Å². The highest BCUT2D eigenvalue weighted by Gasteiger charge is 2.13. The summed E-state index contributed by atoms with van der Waals surface area (Å²) in [5.74, 6) is -1.04. The minimum atomic E-state index is -1.04. The summed E-state index contributed by atoms with van der Waals surface area (Å²) in [5.41, 5.74) is 3.66. The van der Waals surface area contributed by atoms with Crippen LogP contribution in [0, 0.1) is 0 Å². The highest BCUT2D eigenvalue weighted by molar-refractivity contribution is 5.90. The third-order valence-corrected chi connectivity index (χ3v) is 3.31. The van der Waals surface area contributed by atoms with Crippen molar-refractivity contribution in [1.82, 2.24) is 9.97 Å². The second-order valence-electron chi connectivity index (χ2n) is 4.61. The minimum absolute atomic E-state index is 0.00167. The van der Waals surface area contributed by atoms with E-state index >= 15 is 0 Å². The van der Waals surface area contributed by atoms with E-state index in [-0.39, 0.29) is 6.42 Å². The number of pyridine rings is 1. The van der Waals surface area contributed by atoms with Crippen LogP contribution >= 0.6 is 0 Å². The number of carbonyl (C=O) groups is 1. The topological polar surface area (TPSA) is 68.8 Å². The lowest BCUT2D eigenvalue weighted by molar-refractivity contribution is -0.305. The van der Waals surface area contributed by atoms with Crippen molar-refractivity contribution in [2.45, 2.75) is 12.8 Å². The molecule has 4 nitrogen and oxygen atoms in total. The van der Waals surface area contributed by atoms with Gasteiger partial charge in [0.1, 0.15) is 0 Å². The van der Waals surface area contributed by atoms with Crippen LogP contribution in [-0.2, 0) is 11.2 Å². The van der Waals surface area contributed by atoms with Gasteiger partial charge in [-0.1, -0.05) is 24.3 Å². The number of hydrogen-bond acceptors (Lipinski definition) is 3. The summed E-state index contributed by atoms with van der Waals surface area (Å²) in [6, 6.07) is 13.5. The van der Waals surface area contributed by atoms with Gasteiger partial charge < -0.3 is 14.9 Å². The van der Waals surface area contributed by atoms with Gasteiger partial charge in [0.05, 0.1) is 11.4 Å². The predicted octanol–water partition coefficient (Wildman–Crippen LogP) is 1.91. The lowest BCUT2D eigenvalue weighted by Gasteiger charge is -2.05. The van der Waals surface area contributed by atoms with Crippen LogP contribution < -0.4 is 5.11 Å². The van der Waals surface area contributed by atoms with E-state index in [0.29, 0.717) is 6.42 Å². The van der Waals surface area contributed by atoms with Crippen molar-refractivity contribution in [2.75, 3.05) is 0 Å². The second-order valence-corrected chi connectivity index (χ2v) is 4.61. The van der Waals surface area contributed by atoms with Crippen molar-refractivity contribution >= 4 is 16.9 Å². The molecule has 0 atom stereocenters. The highest BCUT2D eigenvalue weighted by Crippen LogP contribution is 2.30. The third kappa shape index (κ3) is 2.28. The average molecular weight is 265 g/mol. The molecule has 2 heterocycles. The normalized spacial score (nSPS) is 10.8. The van der Waals surface area contributed by atoms with Gasteiger partial charge in [-0.3, -0.25) is 4.98 Å². The van der Waals surface area contributed by atoms with Gasteiger partial charge in [-0.2, -0.15) is 0 Å². The molecule has 20 heavy (non-hydrogen) atoms.